The summed E-state index contributed by atoms with van der Waals surface area (Å²) in [7, 11) is 0. The van der Waals surface area contributed by atoms with Crippen LogP contribution in [0.2, 0.25) is 0 Å². The van der Waals surface area contributed by atoms with Gasteiger partial charge in [-0.1, -0.05) is 52.0 Å². The van der Waals surface area contributed by atoms with Crippen LogP contribution >= 0.6 is 0 Å². The van der Waals surface area contributed by atoms with Crippen molar-refractivity contribution in [3.63, 3.8) is 0 Å². The number of hydrogen-bond acceptors (Lipinski definition) is 2. The van der Waals surface area contributed by atoms with Gasteiger partial charge in [-0.05, 0) is 90.5 Å². The van der Waals surface area contributed by atoms with Crippen molar-refractivity contribution < 1.29 is 9.53 Å². The van der Waals surface area contributed by atoms with Crippen LogP contribution < -0.4 is 0 Å². The van der Waals surface area contributed by atoms with Gasteiger partial charge in [0.2, 0.25) is 0 Å². The highest BCUT2D eigenvalue weighted by Gasteiger charge is 2.38. The number of ether oxygens (including phenoxy) is 1. The van der Waals surface area contributed by atoms with Crippen LogP contribution in [0.5, 0.6) is 0 Å². The molecule has 2 heteroatoms. The summed E-state index contributed by atoms with van der Waals surface area (Å²) in [5.41, 5.74) is 7.76. The van der Waals surface area contributed by atoms with Crippen molar-refractivity contribution in [1.29, 1.82) is 0 Å². The Morgan fingerprint density at radius 1 is 1.14 bits per heavy atom. The van der Waals surface area contributed by atoms with Gasteiger partial charge in [0.25, 0.3) is 0 Å². The predicted octanol–water partition coefficient (Wildman–Crippen LogP) is 6.52. The molecule has 0 saturated carbocycles. The summed E-state index contributed by atoms with van der Waals surface area (Å²) in [5.74, 6) is 0.333. The van der Waals surface area contributed by atoms with Crippen LogP contribution in [-0.4, -0.2) is 12.6 Å². The fourth-order valence-corrected chi connectivity index (χ4v) is 4.84. The number of hydrogen-bond donors (Lipinski definition) is 0. The summed E-state index contributed by atoms with van der Waals surface area (Å²) in [6.45, 7) is 13.8. The molecule has 0 N–H and O–H groups in total. The van der Waals surface area contributed by atoms with Gasteiger partial charge in [-0.25, -0.2) is 4.79 Å². The van der Waals surface area contributed by atoms with Gasteiger partial charge in [-0.3, -0.25) is 0 Å². The zero-order chi connectivity index (χ0) is 20.5. The summed E-state index contributed by atoms with van der Waals surface area (Å²) in [5, 5.41) is 0. The lowest BCUT2D eigenvalue weighted by Gasteiger charge is -2.42. The quantitative estimate of drug-likeness (QED) is 0.330. The van der Waals surface area contributed by atoms with Crippen molar-refractivity contribution in [3.8, 4) is 0 Å². The zero-order valence-electron chi connectivity index (χ0n) is 18.5. The van der Waals surface area contributed by atoms with Crippen molar-refractivity contribution in [2.24, 2.45) is 0 Å². The molecular weight excluding hydrogens is 344 g/mol. The highest BCUT2D eigenvalue weighted by molar-refractivity contribution is 5.83. The number of allylic oxidation sites excluding steroid dienone is 3. The maximum atomic E-state index is 11.6. The van der Waals surface area contributed by atoms with Crippen LogP contribution in [0.1, 0.15) is 95.4 Å². The fraction of sp³-hybridized carbons (Fsp3) is 0.577. The first-order chi connectivity index (χ1) is 13.1. The van der Waals surface area contributed by atoms with Crippen molar-refractivity contribution >= 4 is 5.97 Å². The molecule has 0 fully saturated rings. The van der Waals surface area contributed by atoms with Crippen LogP contribution in [0.25, 0.3) is 0 Å². The largest absolute Gasteiger partial charge is 0.463 e. The van der Waals surface area contributed by atoms with Crippen molar-refractivity contribution in [1.82, 2.24) is 0 Å². The van der Waals surface area contributed by atoms with Crippen LogP contribution in [0.3, 0.4) is 0 Å². The van der Waals surface area contributed by atoms with E-state index >= 15 is 0 Å². The van der Waals surface area contributed by atoms with Crippen molar-refractivity contribution in [3.05, 3.63) is 58.2 Å². The van der Waals surface area contributed by atoms with Crippen molar-refractivity contribution in [2.45, 2.75) is 90.4 Å². The molecule has 2 aliphatic carbocycles. The highest BCUT2D eigenvalue weighted by Crippen LogP contribution is 2.49. The molecule has 2 nitrogen and oxygen atoms in total. The van der Waals surface area contributed by atoms with E-state index in [0.29, 0.717) is 12.5 Å². The Balaban J connectivity index is 1.79. The predicted molar refractivity (Wildman–Crippen MR) is 117 cm³/mol. The number of carbonyl (C=O) groups is 1. The third-order valence-electron chi connectivity index (χ3n) is 6.75. The molecule has 28 heavy (non-hydrogen) atoms. The van der Waals surface area contributed by atoms with E-state index in [1.54, 1.807) is 28.3 Å². The lowest BCUT2D eigenvalue weighted by molar-refractivity contribution is -0.137. The lowest BCUT2D eigenvalue weighted by atomic mass is 9.62. The molecule has 0 amide bonds. The maximum absolute atomic E-state index is 11.6. The van der Waals surface area contributed by atoms with Gasteiger partial charge in [0.15, 0.2) is 0 Å². The molecule has 1 aromatic carbocycles. The second-order valence-electron chi connectivity index (χ2n) is 9.88. The first-order valence-corrected chi connectivity index (χ1v) is 10.8. The van der Waals surface area contributed by atoms with E-state index in [4.69, 9.17) is 4.74 Å². The SMILES string of the molecule is CCOC(=O)C=C(C)C=CCC1CCc2cc3c(cc21)C(C)(C)CCC3(C)C. The first kappa shape index (κ1) is 20.9. The van der Waals surface area contributed by atoms with Crippen LogP contribution in [-0.2, 0) is 26.8 Å². The fourth-order valence-electron chi connectivity index (χ4n) is 4.84. The molecule has 0 saturated heterocycles. The molecule has 0 bridgehead atoms. The Kier molecular flexibility index (Phi) is 5.89. The molecule has 0 aromatic heterocycles. The topological polar surface area (TPSA) is 26.3 Å². The smallest absolute Gasteiger partial charge is 0.330 e. The van der Waals surface area contributed by atoms with E-state index in [9.17, 15) is 4.79 Å². The zero-order valence-corrected chi connectivity index (χ0v) is 18.5. The summed E-state index contributed by atoms with van der Waals surface area (Å²) in [4.78, 5) is 11.6. The van der Waals surface area contributed by atoms with Gasteiger partial charge in [-0.2, -0.15) is 0 Å². The third-order valence-corrected chi connectivity index (χ3v) is 6.75. The number of rotatable bonds is 5. The average molecular weight is 381 g/mol. The minimum atomic E-state index is -0.257. The van der Waals surface area contributed by atoms with Gasteiger partial charge in [0.05, 0.1) is 6.61 Å². The highest BCUT2D eigenvalue weighted by atomic mass is 16.5. The summed E-state index contributed by atoms with van der Waals surface area (Å²) in [6, 6.07) is 5.07. The summed E-state index contributed by atoms with van der Waals surface area (Å²) < 4.78 is 4.98. The molecule has 0 aliphatic heterocycles. The van der Waals surface area contributed by atoms with Gasteiger partial charge >= 0.3 is 5.97 Å². The van der Waals surface area contributed by atoms with Crippen molar-refractivity contribution in [2.75, 3.05) is 6.61 Å². The van der Waals surface area contributed by atoms with Crippen LogP contribution in [0.4, 0.5) is 0 Å². The molecule has 1 aromatic rings. The second-order valence-corrected chi connectivity index (χ2v) is 9.88. The van der Waals surface area contributed by atoms with E-state index in [1.807, 2.05) is 13.8 Å². The number of aryl methyl sites for hydroxylation is 1. The summed E-state index contributed by atoms with van der Waals surface area (Å²) >= 11 is 0. The summed E-state index contributed by atoms with van der Waals surface area (Å²) in [6.07, 6.45) is 11.8. The van der Waals surface area contributed by atoms with E-state index in [1.165, 1.54) is 25.7 Å². The van der Waals surface area contributed by atoms with E-state index < -0.39 is 0 Å². The molecule has 1 atom stereocenters. The standard InChI is InChI=1S/C26H36O2/c1-7-28-24(27)15-18(2)9-8-10-19-11-12-20-16-22-23(17-21(19)20)26(5,6)14-13-25(22,3)4/h8-9,15-17,19H,7,10-14H2,1-6H3. The van der Waals surface area contributed by atoms with E-state index in [-0.39, 0.29) is 16.8 Å². The number of carbonyl (C=O) groups excluding carboxylic acids is 1. The van der Waals surface area contributed by atoms with Gasteiger partial charge in [0, 0.05) is 6.08 Å². The first-order valence-electron chi connectivity index (χ1n) is 10.8. The minimum Gasteiger partial charge on any atom is -0.463 e. The number of benzene rings is 1. The molecule has 0 radical (unpaired) electrons. The second kappa shape index (κ2) is 7.89. The normalized spacial score (nSPS) is 22.8. The van der Waals surface area contributed by atoms with E-state index in [2.05, 4.69) is 52.0 Å². The maximum Gasteiger partial charge on any atom is 0.330 e. The Bertz CT molecular complexity index is 808. The Labute approximate surface area is 171 Å². The minimum absolute atomic E-state index is 0.257. The monoisotopic (exact) mass is 380 g/mol. The van der Waals surface area contributed by atoms with Crippen LogP contribution in [0, 0.1) is 0 Å². The molecule has 0 heterocycles. The number of esters is 1. The molecule has 2 aliphatic rings. The molecule has 3 rings (SSSR count). The third kappa shape index (κ3) is 4.26. The Hall–Kier alpha value is -1.83. The van der Waals surface area contributed by atoms with Gasteiger partial charge in [0.1, 0.15) is 0 Å². The number of fused-ring (bicyclic) bond motifs is 2. The Morgan fingerprint density at radius 3 is 2.43 bits per heavy atom. The lowest BCUT2D eigenvalue weighted by Crippen LogP contribution is -2.34. The van der Waals surface area contributed by atoms with Gasteiger partial charge in [-0.15, -0.1) is 0 Å². The molecule has 152 valence electrons. The van der Waals surface area contributed by atoms with Crippen LogP contribution in [0.15, 0.2) is 35.9 Å². The molecule has 0 spiro atoms. The molecular formula is C26H36O2. The molecule has 1 unspecified atom stereocenters. The average Bonchev–Trinajstić information content (AvgIpc) is 3.01. The Morgan fingerprint density at radius 2 is 1.79 bits per heavy atom. The van der Waals surface area contributed by atoms with E-state index in [0.717, 1.165) is 12.0 Å². The van der Waals surface area contributed by atoms with Gasteiger partial charge < -0.3 is 4.74 Å².